The molecule has 7 rings (SSSR count). The molecular weight excluding hydrogens is 845 g/mol. The first-order valence-electron chi connectivity index (χ1n) is 22.0. The maximum Gasteiger partial charge on any atom is 0.511 e. The Labute approximate surface area is 376 Å². The molecule has 0 bridgehead atoms. The van der Waals surface area contributed by atoms with E-state index in [1.54, 1.807) is 36.9 Å². The molecule has 17 nitrogen and oxygen atoms in total. The molecule has 3 aromatic carbocycles. The number of carbonyl (C=O) groups is 2. The van der Waals surface area contributed by atoms with Gasteiger partial charge in [-0.05, 0) is 94.9 Å². The zero-order chi connectivity index (χ0) is 46.1. The van der Waals surface area contributed by atoms with E-state index >= 15 is 4.39 Å². The average Bonchev–Trinajstić information content (AvgIpc) is 4.04. The van der Waals surface area contributed by atoms with E-state index in [0.29, 0.717) is 50.3 Å². The maximum absolute atomic E-state index is 15.0. The minimum absolute atomic E-state index is 0.0377. The number of piperazine rings is 1. The molecule has 0 saturated carbocycles. The Morgan fingerprint density at radius 3 is 2.18 bits per heavy atom. The third kappa shape index (κ3) is 11.5. The first-order valence-corrected chi connectivity index (χ1v) is 22.0. The highest BCUT2D eigenvalue weighted by molar-refractivity contribution is 5.72. The molecule has 348 valence electrons. The number of halogens is 2. The first kappa shape index (κ1) is 46.6. The Morgan fingerprint density at radius 1 is 0.892 bits per heavy atom. The second kappa shape index (κ2) is 21.1. The van der Waals surface area contributed by atoms with Crippen LogP contribution < -0.4 is 20.2 Å². The number of ether oxygens (including phenoxy) is 5. The summed E-state index contributed by atoms with van der Waals surface area (Å²) in [7, 11) is 3.46. The van der Waals surface area contributed by atoms with Gasteiger partial charge in [0.2, 0.25) is 0 Å². The van der Waals surface area contributed by atoms with Gasteiger partial charge in [0.25, 0.3) is 6.29 Å². The molecule has 19 heteroatoms. The third-order valence-electron chi connectivity index (χ3n) is 11.7. The third-order valence-corrected chi connectivity index (χ3v) is 11.7. The smallest absolute Gasteiger partial charge is 0.493 e. The number of aromatic nitrogens is 6. The lowest BCUT2D eigenvalue weighted by Crippen LogP contribution is -2.46. The number of hydrogen-bond donors (Lipinski definition) is 0. The fourth-order valence-electron chi connectivity index (χ4n) is 8.41. The van der Waals surface area contributed by atoms with Crippen LogP contribution in [-0.4, -0.2) is 119 Å². The zero-order valence-corrected chi connectivity index (χ0v) is 37.4. The quantitative estimate of drug-likeness (QED) is 0.0705. The van der Waals surface area contributed by atoms with Crippen LogP contribution in [0.25, 0.3) is 5.69 Å². The summed E-state index contributed by atoms with van der Waals surface area (Å²) < 4.78 is 61.8. The minimum Gasteiger partial charge on any atom is -0.493 e. The van der Waals surface area contributed by atoms with Crippen LogP contribution >= 0.6 is 0 Å². The molecule has 0 radical (unpaired) electrons. The molecule has 0 spiro atoms. The van der Waals surface area contributed by atoms with E-state index in [-0.39, 0.29) is 30.3 Å². The van der Waals surface area contributed by atoms with Crippen molar-refractivity contribution in [1.29, 1.82) is 0 Å². The Balaban J connectivity index is 0.889. The van der Waals surface area contributed by atoms with E-state index in [1.165, 1.54) is 34.0 Å². The van der Waals surface area contributed by atoms with E-state index in [0.717, 1.165) is 43.6 Å². The summed E-state index contributed by atoms with van der Waals surface area (Å²) in [6.45, 7) is 9.57. The summed E-state index contributed by atoms with van der Waals surface area (Å²) in [4.78, 5) is 48.8. The second-order valence-electron chi connectivity index (χ2n) is 16.7. The summed E-state index contributed by atoms with van der Waals surface area (Å²) in [6, 6.07) is 18.7. The van der Waals surface area contributed by atoms with Crippen molar-refractivity contribution < 1.29 is 42.1 Å². The van der Waals surface area contributed by atoms with Gasteiger partial charge in [0, 0.05) is 61.5 Å². The number of rotatable bonds is 19. The lowest BCUT2D eigenvalue weighted by molar-refractivity contribution is -0.174. The Kier molecular flexibility index (Phi) is 15.1. The van der Waals surface area contributed by atoms with Crippen molar-refractivity contribution in [2.45, 2.75) is 77.0 Å². The normalized spacial score (nSPS) is 18.9. The average molecular weight is 902 g/mol. The van der Waals surface area contributed by atoms with Crippen LogP contribution in [0.15, 0.2) is 90.5 Å². The van der Waals surface area contributed by atoms with E-state index in [4.69, 9.17) is 23.7 Å². The van der Waals surface area contributed by atoms with Crippen LogP contribution in [-0.2, 0) is 35.9 Å². The molecule has 2 saturated heterocycles. The molecular formula is C46H57F2N9O8. The largest absolute Gasteiger partial charge is 0.511 e. The predicted octanol–water partition coefficient (Wildman–Crippen LogP) is 5.97. The molecule has 0 amide bonds. The van der Waals surface area contributed by atoms with Gasteiger partial charge in [-0.15, -0.1) is 0 Å². The second-order valence-corrected chi connectivity index (χ2v) is 16.7. The van der Waals surface area contributed by atoms with Crippen molar-refractivity contribution in [3.8, 4) is 11.4 Å². The lowest BCUT2D eigenvalue weighted by atomic mass is 9.87. The summed E-state index contributed by atoms with van der Waals surface area (Å²) in [5, 5.41) is 8.56. The van der Waals surface area contributed by atoms with Gasteiger partial charge in [-0.25, -0.2) is 37.3 Å². The number of esters is 1. The van der Waals surface area contributed by atoms with E-state index in [9.17, 15) is 18.8 Å². The number of nitrogens with zero attached hydrogens (tertiary/aromatic N) is 9. The summed E-state index contributed by atoms with van der Waals surface area (Å²) in [5.74, 6) is -1.16. The van der Waals surface area contributed by atoms with Crippen molar-refractivity contribution in [2.24, 2.45) is 5.92 Å². The highest BCUT2D eigenvalue weighted by Crippen LogP contribution is 2.42. The van der Waals surface area contributed by atoms with Crippen LogP contribution in [0.1, 0.15) is 58.1 Å². The van der Waals surface area contributed by atoms with Crippen molar-refractivity contribution in [1.82, 2.24) is 34.0 Å². The highest BCUT2D eigenvalue weighted by atomic mass is 19.1. The molecule has 0 aliphatic carbocycles. The molecule has 2 fully saturated rings. The molecule has 5 aromatic rings. The van der Waals surface area contributed by atoms with Gasteiger partial charge in [-0.1, -0.05) is 19.9 Å². The molecule has 4 heterocycles. The van der Waals surface area contributed by atoms with E-state index in [2.05, 4.69) is 25.0 Å². The molecule has 65 heavy (non-hydrogen) atoms. The van der Waals surface area contributed by atoms with Crippen LogP contribution in [0, 0.1) is 17.6 Å². The van der Waals surface area contributed by atoms with Crippen molar-refractivity contribution in [3.05, 3.63) is 113 Å². The van der Waals surface area contributed by atoms with Gasteiger partial charge in [0.1, 0.15) is 48.1 Å². The molecule has 2 aromatic heterocycles. The highest BCUT2D eigenvalue weighted by Gasteiger charge is 2.45. The van der Waals surface area contributed by atoms with Crippen LogP contribution in [0.3, 0.4) is 0 Å². The number of anilines is 2. The molecule has 0 N–H and O–H groups in total. The summed E-state index contributed by atoms with van der Waals surface area (Å²) in [5.41, 5.74) is 1.61. The maximum atomic E-state index is 15.0. The molecule has 2 aliphatic rings. The van der Waals surface area contributed by atoms with E-state index in [1.807, 2.05) is 62.4 Å². The minimum atomic E-state index is -1.08. The van der Waals surface area contributed by atoms with Gasteiger partial charge in [-0.3, -0.25) is 9.69 Å². The van der Waals surface area contributed by atoms with Gasteiger partial charge in [-0.2, -0.15) is 10.2 Å². The van der Waals surface area contributed by atoms with Crippen molar-refractivity contribution in [3.63, 3.8) is 0 Å². The Bertz CT molecular complexity index is 2390. The monoisotopic (exact) mass is 901 g/mol. The van der Waals surface area contributed by atoms with Crippen molar-refractivity contribution >= 4 is 23.5 Å². The summed E-state index contributed by atoms with van der Waals surface area (Å²) in [6.07, 6.45) is 3.38. The lowest BCUT2D eigenvalue weighted by Gasteiger charge is -2.37. The fourth-order valence-corrected chi connectivity index (χ4v) is 8.41. The first-order chi connectivity index (χ1) is 31.3. The van der Waals surface area contributed by atoms with Crippen molar-refractivity contribution in [2.75, 3.05) is 69.8 Å². The van der Waals surface area contributed by atoms with Crippen LogP contribution in [0.2, 0.25) is 0 Å². The van der Waals surface area contributed by atoms with E-state index < -0.39 is 47.8 Å². The Hall–Kier alpha value is -6.34. The predicted molar refractivity (Wildman–Crippen MR) is 236 cm³/mol. The van der Waals surface area contributed by atoms with Gasteiger partial charge in [0.15, 0.2) is 0 Å². The van der Waals surface area contributed by atoms with Gasteiger partial charge in [0.05, 0.1) is 38.0 Å². The fraction of sp³-hybridized carbons (Fsp3) is 0.478. The topological polar surface area (TPSA) is 161 Å². The number of benzene rings is 3. The SMILES string of the molecule is CCCC(OC(=O)CN(C)C)OC(=O)OC(C)[C@H](CC)n1ncn(-c2ccc(N3CCN(c4ccc(OC[C@@H]5CO[C@@](Cn6cncn6)(c6ccc(F)cc6F)C5)cc4)CC3)cc2)c1=O. The number of hydrogen-bond acceptors (Lipinski definition) is 14. The van der Waals surface area contributed by atoms with Crippen LogP contribution in [0.4, 0.5) is 25.0 Å². The molecule has 2 aliphatic heterocycles. The van der Waals surface area contributed by atoms with Gasteiger partial charge < -0.3 is 33.5 Å². The summed E-state index contributed by atoms with van der Waals surface area (Å²) >= 11 is 0. The van der Waals surface area contributed by atoms with Crippen LogP contribution in [0.5, 0.6) is 5.75 Å². The zero-order valence-electron chi connectivity index (χ0n) is 37.4. The number of carbonyl (C=O) groups excluding carboxylic acids is 2. The standard InChI is InChI=1S/C46H57F2N9O8/c1-6-8-43(64-42(58)25-52(4)5)65-45(60)63-32(3)41(7-2)57-44(59)56(31-51-57)37-12-10-35(11-13-37)53-19-21-54(22-20-53)36-14-16-38(17-15-36)61-26-33-24-46(62-27-33,28-55-30-49-29-50-55)39-18-9-34(47)23-40(39)48/h9-18,23,29-33,41,43H,6-8,19-22,24-28H2,1-5H3/t32?,33-,41+,43?,46+/m1/s1. The van der Waals surface area contributed by atoms with Gasteiger partial charge >= 0.3 is 17.8 Å². The Morgan fingerprint density at radius 2 is 1.57 bits per heavy atom. The number of likely N-dealkylation sites (N-methyl/N-ethyl adjacent to an activating group) is 1. The molecule has 2 unspecified atom stereocenters. The molecule has 5 atom stereocenters.